The van der Waals surface area contributed by atoms with Gasteiger partial charge in [-0.2, -0.15) is 0 Å². The molecule has 0 saturated carbocycles. The van der Waals surface area contributed by atoms with E-state index in [1.807, 2.05) is 37.3 Å². The quantitative estimate of drug-likeness (QED) is 0.436. The van der Waals surface area contributed by atoms with Gasteiger partial charge < -0.3 is 10.4 Å². The molecule has 0 unspecified atom stereocenters. The third kappa shape index (κ3) is 1.34. The molecule has 2 rings (SSSR count). The van der Waals surface area contributed by atoms with Crippen LogP contribution in [-0.4, -0.2) is 10.1 Å². The maximum Gasteiger partial charge on any atom is 0.225 e. The third-order valence-corrected chi connectivity index (χ3v) is 2.60. The van der Waals surface area contributed by atoms with Crippen LogP contribution >= 0.6 is 0 Å². The topological polar surface area (TPSA) is 52.1 Å². The van der Waals surface area contributed by atoms with E-state index in [2.05, 4.69) is 0 Å². The van der Waals surface area contributed by atoms with Crippen LogP contribution in [0.1, 0.15) is 11.3 Å². The fourth-order valence-electron chi connectivity index (χ4n) is 1.63. The van der Waals surface area contributed by atoms with Crippen LogP contribution in [0.2, 0.25) is 0 Å². The van der Waals surface area contributed by atoms with Crippen molar-refractivity contribution in [2.45, 2.75) is 13.8 Å². The van der Waals surface area contributed by atoms with Crippen molar-refractivity contribution in [2.75, 3.05) is 0 Å². The van der Waals surface area contributed by atoms with Crippen LogP contribution in [0.3, 0.4) is 0 Å². The Morgan fingerprint density at radius 2 is 1.80 bits per heavy atom. The summed E-state index contributed by atoms with van der Waals surface area (Å²) < 4.78 is 0. The van der Waals surface area contributed by atoms with Crippen molar-refractivity contribution >= 4 is 0 Å². The van der Waals surface area contributed by atoms with Gasteiger partial charge in [0.25, 0.3) is 0 Å². The van der Waals surface area contributed by atoms with Gasteiger partial charge in [-0.05, 0) is 11.8 Å². The van der Waals surface area contributed by atoms with Gasteiger partial charge in [0.15, 0.2) is 5.69 Å². The maximum atomic E-state index is 11.4. The summed E-state index contributed by atoms with van der Waals surface area (Å²) in [5.41, 5.74) is 2.67. The fraction of sp³-hybridized carbons (Fsp3) is 0.182. The molecule has 0 fully saturated rings. The molecule has 1 aromatic heterocycles. The van der Waals surface area contributed by atoms with Crippen molar-refractivity contribution in [2.24, 2.45) is 0 Å². The molecule has 15 heavy (non-hydrogen) atoms. The van der Waals surface area contributed by atoms with Gasteiger partial charge in [-0.15, -0.1) is 0 Å². The Morgan fingerprint density at radius 3 is 2.27 bits per heavy atom. The maximum absolute atomic E-state index is 11.4. The third-order valence-electron chi connectivity index (χ3n) is 2.60. The Kier molecular flexibility index (Phi) is 2.11. The van der Waals surface area contributed by atoms with E-state index < -0.39 is 0 Å². The average Bonchev–Trinajstić information content (AvgIpc) is 2.45. The van der Waals surface area contributed by atoms with E-state index in [4.69, 9.17) is 0 Å². The highest BCUT2D eigenvalue weighted by Crippen LogP contribution is 2.23. The Morgan fingerprint density at radius 1 is 1.20 bits per heavy atom. The molecule has 0 aliphatic rings. The lowest BCUT2D eigenvalue weighted by molar-refractivity contribution is -0.729. The summed E-state index contributed by atoms with van der Waals surface area (Å²) in [6.07, 6.45) is 0. The molecule has 0 aliphatic carbocycles. The molecule has 0 saturated heterocycles. The van der Waals surface area contributed by atoms with E-state index in [9.17, 15) is 10.4 Å². The number of hydrogen-bond donors (Lipinski definition) is 1. The molecule has 0 aliphatic heterocycles. The summed E-state index contributed by atoms with van der Waals surface area (Å²) in [5, 5.41) is 21.0. The molecule has 0 radical (unpaired) electrons. The Hall–Kier alpha value is -1.97. The first-order valence-electron chi connectivity index (χ1n) is 4.69. The average molecular weight is 204 g/mol. The number of nitrogens with zero attached hydrogens (tertiary/aromatic N) is 2. The molecule has 0 amide bonds. The molecular weight excluding hydrogens is 192 g/mol. The first-order chi connectivity index (χ1) is 7.13. The van der Waals surface area contributed by atoms with Crippen LogP contribution in [0.25, 0.3) is 11.3 Å². The zero-order valence-corrected chi connectivity index (χ0v) is 8.64. The second kappa shape index (κ2) is 3.31. The summed E-state index contributed by atoms with van der Waals surface area (Å²) in [7, 11) is 0. The highest BCUT2D eigenvalue weighted by molar-refractivity contribution is 5.62. The molecule has 1 aromatic carbocycles. The smallest absolute Gasteiger partial charge is 0.225 e. The second-order valence-electron chi connectivity index (χ2n) is 3.49. The van der Waals surface area contributed by atoms with Crippen LogP contribution in [0, 0.1) is 19.1 Å². The lowest BCUT2D eigenvalue weighted by atomic mass is 10.1. The highest BCUT2D eigenvalue weighted by atomic mass is 16.6. The predicted molar refractivity (Wildman–Crippen MR) is 55.5 cm³/mol. The lowest BCUT2D eigenvalue weighted by Crippen LogP contribution is -2.38. The molecule has 2 aromatic rings. The van der Waals surface area contributed by atoms with Gasteiger partial charge in [-0.3, -0.25) is 0 Å². The first-order valence-corrected chi connectivity index (χ1v) is 4.69. The van der Waals surface area contributed by atoms with Gasteiger partial charge >= 0.3 is 0 Å². The van der Waals surface area contributed by atoms with Crippen molar-refractivity contribution in [3.05, 3.63) is 46.8 Å². The van der Waals surface area contributed by atoms with Crippen molar-refractivity contribution in [1.82, 2.24) is 4.85 Å². The van der Waals surface area contributed by atoms with Gasteiger partial charge in [0.1, 0.15) is 0 Å². The van der Waals surface area contributed by atoms with E-state index >= 15 is 0 Å². The Labute approximate surface area is 87.5 Å². The zero-order valence-electron chi connectivity index (χ0n) is 8.64. The van der Waals surface area contributed by atoms with Crippen LogP contribution in [0.15, 0.2) is 30.3 Å². The number of benzene rings is 1. The summed E-state index contributed by atoms with van der Waals surface area (Å²) in [4.78, 5) is 1.12. The molecule has 0 bridgehead atoms. The Balaban J connectivity index is 2.69. The normalized spacial score (nSPS) is 10.5. The van der Waals surface area contributed by atoms with Gasteiger partial charge in [0, 0.05) is 17.3 Å². The van der Waals surface area contributed by atoms with Crippen molar-refractivity contribution in [3.63, 3.8) is 0 Å². The number of rotatable bonds is 1. The van der Waals surface area contributed by atoms with Crippen LogP contribution in [-0.2, 0) is 0 Å². The Bertz CT molecular complexity index is 464. The van der Waals surface area contributed by atoms with Gasteiger partial charge in [-0.25, -0.2) is 0 Å². The monoisotopic (exact) mass is 204 g/mol. The summed E-state index contributed by atoms with van der Waals surface area (Å²) >= 11 is 0. The predicted octanol–water partition coefficient (Wildman–Crippen LogP) is 1.64. The van der Waals surface area contributed by atoms with Crippen molar-refractivity contribution in [3.8, 4) is 11.3 Å². The minimum absolute atomic E-state index is 0.484. The minimum Gasteiger partial charge on any atom is -0.593 e. The van der Waals surface area contributed by atoms with Gasteiger partial charge in [0.2, 0.25) is 5.69 Å². The van der Waals surface area contributed by atoms with Crippen LogP contribution in [0.5, 0.6) is 0 Å². The van der Waals surface area contributed by atoms with Crippen LogP contribution < -0.4 is 4.85 Å². The van der Waals surface area contributed by atoms with Gasteiger partial charge in [0.05, 0.1) is 5.56 Å². The number of aromatic nitrogens is 2. The van der Waals surface area contributed by atoms with E-state index in [0.717, 1.165) is 11.1 Å². The second-order valence-corrected chi connectivity index (χ2v) is 3.49. The molecule has 1 N–H and O–H groups in total. The molecule has 0 spiro atoms. The SMILES string of the molecule is Cc1c(-c2ccccc2)n(O)[n+]([O-])c1C. The van der Waals surface area contributed by atoms with E-state index in [-0.39, 0.29) is 0 Å². The fourth-order valence-corrected chi connectivity index (χ4v) is 1.63. The summed E-state index contributed by atoms with van der Waals surface area (Å²) in [6.45, 7) is 3.50. The van der Waals surface area contributed by atoms with Gasteiger partial charge in [-0.1, -0.05) is 30.3 Å². The molecule has 78 valence electrons. The van der Waals surface area contributed by atoms with Crippen LogP contribution in [0.4, 0.5) is 0 Å². The lowest BCUT2D eigenvalue weighted by Gasteiger charge is -1.99. The molecule has 1 heterocycles. The molecule has 4 heteroatoms. The van der Waals surface area contributed by atoms with Crippen molar-refractivity contribution in [1.29, 1.82) is 0 Å². The molecule has 4 nitrogen and oxygen atoms in total. The van der Waals surface area contributed by atoms with E-state index in [0.29, 0.717) is 21.1 Å². The highest BCUT2D eigenvalue weighted by Gasteiger charge is 2.21. The summed E-state index contributed by atoms with van der Waals surface area (Å²) in [5.74, 6) is 0. The van der Waals surface area contributed by atoms with E-state index in [1.165, 1.54) is 0 Å². The molecular formula is C11H12N2O2. The summed E-state index contributed by atoms with van der Waals surface area (Å²) in [6, 6.07) is 9.34. The number of hydrogen-bond acceptors (Lipinski definition) is 2. The van der Waals surface area contributed by atoms with E-state index in [1.54, 1.807) is 6.92 Å². The minimum atomic E-state index is 0.484. The first kappa shape index (κ1) is 9.58. The largest absolute Gasteiger partial charge is 0.593 e. The zero-order chi connectivity index (χ0) is 11.0. The standard InChI is InChI=1S/C11H12N2O2/c1-8-9(2)12(14)13(15)11(8)10-6-4-3-5-7-10/h3-7,15H,1-2H3. The van der Waals surface area contributed by atoms with Crippen molar-refractivity contribution < 1.29 is 10.1 Å². The molecule has 0 atom stereocenters.